The first-order valence-corrected chi connectivity index (χ1v) is 16.2. The van der Waals surface area contributed by atoms with Crippen molar-refractivity contribution in [1.29, 1.82) is 0 Å². The molecule has 1 saturated carbocycles. The topological polar surface area (TPSA) is 99.7 Å². The number of halogens is 4. The lowest BCUT2D eigenvalue weighted by Gasteiger charge is -2.42. The fraction of sp³-hybridized carbons (Fsp3) is 0.586. The summed E-state index contributed by atoms with van der Waals surface area (Å²) in [6, 6.07) is 5.39. The second-order valence-corrected chi connectivity index (χ2v) is 13.7. The minimum absolute atomic E-state index is 0.0659. The average Bonchev–Trinajstić information content (AvgIpc) is 2.91. The maximum atomic E-state index is 14.9. The standard InChI is InChI=1S/C29H38F4N6O3S/c1-18(2)39-15-21(19-4-9-26(25(30)13-19)37-43(40,41)11-10-29(31,32)33)12-20-14-34-28(36-27(20)39)35-22-5-7-23(8-6-22)38(3)24-16-42-17-24/h4,9,12-14,18,22-24,37H,5-8,10-11,15-17H2,1-3H3,(H,34,35,36)/t22-,23-. The van der Waals surface area contributed by atoms with E-state index in [2.05, 4.69) is 27.1 Å². The molecule has 1 aromatic heterocycles. The largest absolute Gasteiger partial charge is 0.390 e. The van der Waals surface area contributed by atoms with Gasteiger partial charge in [-0.1, -0.05) is 6.07 Å². The predicted octanol–water partition coefficient (Wildman–Crippen LogP) is 5.13. The van der Waals surface area contributed by atoms with Crippen molar-refractivity contribution in [2.45, 2.75) is 76.3 Å². The first-order valence-electron chi connectivity index (χ1n) is 14.6. The van der Waals surface area contributed by atoms with Crippen LogP contribution in [0.5, 0.6) is 0 Å². The number of ether oxygens (including phenoxy) is 1. The molecule has 2 fully saturated rings. The summed E-state index contributed by atoms with van der Waals surface area (Å²) in [6.45, 7) is 6.13. The highest BCUT2D eigenvalue weighted by Crippen LogP contribution is 2.35. The summed E-state index contributed by atoms with van der Waals surface area (Å²) in [5.74, 6) is -0.731. The van der Waals surface area contributed by atoms with E-state index in [0.717, 1.165) is 55.9 Å². The fourth-order valence-electron chi connectivity index (χ4n) is 5.71. The Hall–Kier alpha value is -2.97. The molecule has 43 heavy (non-hydrogen) atoms. The normalized spacial score (nSPS) is 21.4. The number of likely N-dealkylation sites (N-methyl/N-ethyl adjacent to an activating group) is 1. The third-order valence-electron chi connectivity index (χ3n) is 8.42. The van der Waals surface area contributed by atoms with E-state index in [1.54, 1.807) is 12.3 Å². The SMILES string of the molecule is CC(C)N1CC(c2ccc(NS(=O)(=O)CCC(F)(F)F)c(F)c2)=Cc2cnc(N[C@H]3CC[C@H](N(C)C4COC4)CC3)nc21. The molecular formula is C29H38F4N6O3S. The van der Waals surface area contributed by atoms with Crippen LogP contribution in [0.1, 0.15) is 57.1 Å². The van der Waals surface area contributed by atoms with Crippen LogP contribution < -0.4 is 14.9 Å². The quantitative estimate of drug-likeness (QED) is 0.350. The maximum absolute atomic E-state index is 14.9. The Kier molecular flexibility index (Phi) is 9.19. The Morgan fingerprint density at radius 1 is 1.14 bits per heavy atom. The molecule has 236 valence electrons. The van der Waals surface area contributed by atoms with Gasteiger partial charge in [-0.3, -0.25) is 9.62 Å². The highest BCUT2D eigenvalue weighted by atomic mass is 32.2. The van der Waals surface area contributed by atoms with Crippen LogP contribution in [0.25, 0.3) is 11.6 Å². The van der Waals surface area contributed by atoms with E-state index in [0.29, 0.717) is 30.1 Å². The molecule has 0 bridgehead atoms. The number of aromatic nitrogens is 2. The Morgan fingerprint density at radius 2 is 1.86 bits per heavy atom. The van der Waals surface area contributed by atoms with E-state index in [1.807, 2.05) is 24.6 Å². The number of alkyl halides is 3. The average molecular weight is 627 g/mol. The molecule has 3 heterocycles. The van der Waals surface area contributed by atoms with Crippen molar-refractivity contribution < 1.29 is 30.7 Å². The highest BCUT2D eigenvalue weighted by Gasteiger charge is 2.32. The molecule has 0 atom stereocenters. The van der Waals surface area contributed by atoms with Crippen LogP contribution in [0.2, 0.25) is 0 Å². The minimum Gasteiger partial charge on any atom is -0.378 e. The van der Waals surface area contributed by atoms with Crippen molar-refractivity contribution in [1.82, 2.24) is 14.9 Å². The van der Waals surface area contributed by atoms with Crippen LogP contribution in [-0.2, 0) is 14.8 Å². The van der Waals surface area contributed by atoms with Gasteiger partial charge in [0.15, 0.2) is 0 Å². The highest BCUT2D eigenvalue weighted by molar-refractivity contribution is 7.92. The third kappa shape index (κ3) is 7.76. The first kappa shape index (κ1) is 31.5. The van der Waals surface area contributed by atoms with Gasteiger partial charge in [0.25, 0.3) is 0 Å². The van der Waals surface area contributed by atoms with E-state index in [1.165, 1.54) is 12.1 Å². The number of hydrogen-bond acceptors (Lipinski definition) is 8. The van der Waals surface area contributed by atoms with Gasteiger partial charge in [0.05, 0.1) is 37.1 Å². The second kappa shape index (κ2) is 12.6. The molecule has 0 amide bonds. The molecule has 0 spiro atoms. The van der Waals surface area contributed by atoms with Crippen molar-refractivity contribution in [3.05, 3.63) is 41.3 Å². The van der Waals surface area contributed by atoms with Gasteiger partial charge in [0.1, 0.15) is 11.6 Å². The number of nitrogens with zero attached hydrogens (tertiary/aromatic N) is 4. The molecule has 9 nitrogen and oxygen atoms in total. The summed E-state index contributed by atoms with van der Waals surface area (Å²) < 4.78 is 83.7. The first-order chi connectivity index (χ1) is 20.3. The Balaban J connectivity index is 1.27. The molecule has 3 aliphatic rings. The van der Waals surface area contributed by atoms with E-state index < -0.39 is 39.9 Å². The second-order valence-electron chi connectivity index (χ2n) is 11.9. The summed E-state index contributed by atoms with van der Waals surface area (Å²) in [5.41, 5.74) is 1.66. The lowest BCUT2D eigenvalue weighted by Crippen LogP contribution is -2.52. The molecule has 0 radical (unpaired) electrons. The maximum Gasteiger partial charge on any atom is 0.390 e. The van der Waals surface area contributed by atoms with E-state index >= 15 is 0 Å². The van der Waals surface area contributed by atoms with Gasteiger partial charge in [-0.25, -0.2) is 17.8 Å². The van der Waals surface area contributed by atoms with Gasteiger partial charge < -0.3 is 15.0 Å². The Labute approximate surface area is 249 Å². The smallest absolute Gasteiger partial charge is 0.378 e. The van der Waals surface area contributed by atoms with Crippen molar-refractivity contribution in [3.63, 3.8) is 0 Å². The predicted molar refractivity (Wildman–Crippen MR) is 159 cm³/mol. The molecule has 0 unspecified atom stereocenters. The number of nitrogens with one attached hydrogen (secondary N) is 2. The summed E-state index contributed by atoms with van der Waals surface area (Å²) in [5, 5.41) is 3.52. The van der Waals surface area contributed by atoms with E-state index in [-0.39, 0.29) is 12.1 Å². The summed E-state index contributed by atoms with van der Waals surface area (Å²) in [4.78, 5) is 14.0. The van der Waals surface area contributed by atoms with Crippen molar-refractivity contribution >= 4 is 39.1 Å². The Morgan fingerprint density at radius 3 is 2.47 bits per heavy atom. The van der Waals surface area contributed by atoms with Gasteiger partial charge in [-0.2, -0.15) is 18.2 Å². The van der Waals surface area contributed by atoms with Gasteiger partial charge in [0.2, 0.25) is 16.0 Å². The van der Waals surface area contributed by atoms with Crippen LogP contribution in [0, 0.1) is 5.82 Å². The third-order valence-corrected chi connectivity index (χ3v) is 9.70. The number of rotatable bonds is 10. The number of fused-ring (bicyclic) bond motifs is 1. The van der Waals surface area contributed by atoms with Crippen LogP contribution in [0.4, 0.5) is 35.0 Å². The molecule has 1 aromatic carbocycles. The number of benzene rings is 1. The molecule has 1 saturated heterocycles. The Bertz CT molecular complexity index is 1440. The van der Waals surface area contributed by atoms with Gasteiger partial charge >= 0.3 is 6.18 Å². The van der Waals surface area contributed by atoms with Crippen LogP contribution >= 0.6 is 0 Å². The molecule has 2 aromatic rings. The number of anilines is 3. The lowest BCUT2D eigenvalue weighted by molar-refractivity contribution is -0.129. The zero-order chi connectivity index (χ0) is 30.9. The summed E-state index contributed by atoms with van der Waals surface area (Å²) in [7, 11) is -2.19. The molecule has 2 N–H and O–H groups in total. The summed E-state index contributed by atoms with van der Waals surface area (Å²) >= 11 is 0. The minimum atomic E-state index is -4.63. The van der Waals surface area contributed by atoms with Gasteiger partial charge in [0, 0.05) is 36.4 Å². The zero-order valence-corrected chi connectivity index (χ0v) is 25.3. The number of hydrogen-bond donors (Lipinski definition) is 2. The van der Waals surface area contributed by atoms with Crippen molar-refractivity contribution in [2.75, 3.05) is 47.5 Å². The molecule has 2 aliphatic heterocycles. The fourth-order valence-corrected chi connectivity index (χ4v) is 6.81. The molecular weight excluding hydrogens is 588 g/mol. The monoisotopic (exact) mass is 626 g/mol. The summed E-state index contributed by atoms with van der Waals surface area (Å²) in [6.07, 6.45) is 1.73. The van der Waals surface area contributed by atoms with Crippen LogP contribution in [-0.4, -0.2) is 86.2 Å². The van der Waals surface area contributed by atoms with Crippen molar-refractivity contribution in [3.8, 4) is 0 Å². The van der Waals surface area contributed by atoms with E-state index in [9.17, 15) is 26.0 Å². The number of sulfonamides is 1. The molecule has 1 aliphatic carbocycles. The molecule has 14 heteroatoms. The van der Waals surface area contributed by atoms with Gasteiger partial charge in [-0.05, 0) is 75.9 Å². The van der Waals surface area contributed by atoms with E-state index in [4.69, 9.17) is 9.72 Å². The molecule has 5 rings (SSSR count). The zero-order valence-electron chi connectivity index (χ0n) is 24.5. The lowest BCUT2D eigenvalue weighted by atomic mass is 9.89. The van der Waals surface area contributed by atoms with Gasteiger partial charge in [-0.15, -0.1) is 0 Å². The van der Waals surface area contributed by atoms with Crippen LogP contribution in [0.3, 0.4) is 0 Å². The van der Waals surface area contributed by atoms with Crippen molar-refractivity contribution in [2.24, 2.45) is 0 Å². The van der Waals surface area contributed by atoms with Crippen LogP contribution in [0.15, 0.2) is 24.4 Å².